The summed E-state index contributed by atoms with van der Waals surface area (Å²) in [5.41, 5.74) is 2.49. The summed E-state index contributed by atoms with van der Waals surface area (Å²) in [6, 6.07) is 3.80. The molecule has 0 aromatic carbocycles. The Bertz CT molecular complexity index is 662. The number of carbonyl (C=O) groups excluding carboxylic acids is 1. The van der Waals surface area contributed by atoms with Crippen molar-refractivity contribution in [2.24, 2.45) is 0 Å². The van der Waals surface area contributed by atoms with Gasteiger partial charge in [0.05, 0.1) is 11.3 Å². The van der Waals surface area contributed by atoms with E-state index in [0.29, 0.717) is 22.5 Å². The fraction of sp³-hybridized carbons (Fsp3) is 0.471. The van der Waals surface area contributed by atoms with E-state index in [1.807, 2.05) is 25.3 Å². The van der Waals surface area contributed by atoms with Crippen molar-refractivity contribution in [1.82, 2.24) is 9.97 Å². The van der Waals surface area contributed by atoms with Crippen LogP contribution in [0, 0.1) is 0 Å². The van der Waals surface area contributed by atoms with E-state index in [1.165, 1.54) is 16.2 Å². The summed E-state index contributed by atoms with van der Waals surface area (Å²) >= 11 is 1.52. The Kier molecular flexibility index (Phi) is 5.29. The topological polar surface area (TPSA) is 54.9 Å². The summed E-state index contributed by atoms with van der Waals surface area (Å²) in [6.07, 6.45) is 2.56. The summed E-state index contributed by atoms with van der Waals surface area (Å²) in [6.45, 7) is 10.4. The van der Waals surface area contributed by atoms with Crippen molar-refractivity contribution in [3.05, 3.63) is 40.2 Å². The highest BCUT2D eigenvalue weighted by atomic mass is 32.1. The minimum atomic E-state index is -0.135. The van der Waals surface area contributed by atoms with Gasteiger partial charge in [-0.05, 0) is 30.4 Å². The molecular weight excluding hydrogens is 294 g/mol. The fourth-order valence-corrected chi connectivity index (χ4v) is 2.91. The van der Waals surface area contributed by atoms with Crippen molar-refractivity contribution in [2.45, 2.75) is 52.9 Å². The lowest BCUT2D eigenvalue weighted by Gasteiger charge is -2.11. The number of pyridine rings is 1. The number of aromatic nitrogens is 2. The van der Waals surface area contributed by atoms with Crippen molar-refractivity contribution >= 4 is 22.4 Å². The van der Waals surface area contributed by atoms with Crippen LogP contribution < -0.4 is 5.32 Å². The molecule has 0 unspecified atom stereocenters. The predicted molar refractivity (Wildman–Crippen MR) is 91.9 cm³/mol. The van der Waals surface area contributed by atoms with Gasteiger partial charge in [0.25, 0.3) is 5.91 Å². The molecule has 0 atom stereocenters. The summed E-state index contributed by atoms with van der Waals surface area (Å²) in [7, 11) is 0. The number of anilines is 1. The maximum absolute atomic E-state index is 12.5. The quantitative estimate of drug-likeness (QED) is 0.877. The lowest BCUT2D eigenvalue weighted by atomic mass is 10.1. The molecule has 0 spiro atoms. The van der Waals surface area contributed by atoms with E-state index in [1.54, 1.807) is 0 Å². The Labute approximate surface area is 136 Å². The highest BCUT2D eigenvalue weighted by molar-refractivity contribution is 7.15. The third-order valence-corrected chi connectivity index (χ3v) is 4.69. The summed E-state index contributed by atoms with van der Waals surface area (Å²) in [5.74, 6) is 0.639. The molecule has 0 saturated carbocycles. The van der Waals surface area contributed by atoms with Gasteiger partial charge in [0.15, 0.2) is 5.13 Å². The van der Waals surface area contributed by atoms with Crippen LogP contribution in [0.25, 0.3) is 0 Å². The van der Waals surface area contributed by atoms with Gasteiger partial charge in [-0.3, -0.25) is 15.1 Å². The van der Waals surface area contributed by atoms with E-state index >= 15 is 0 Å². The van der Waals surface area contributed by atoms with Gasteiger partial charge in [0.1, 0.15) is 0 Å². The average molecular weight is 317 g/mol. The van der Waals surface area contributed by atoms with Crippen molar-refractivity contribution in [1.29, 1.82) is 0 Å². The molecule has 2 aromatic heterocycles. The SMILES string of the molecule is CCc1nc(C(C)C)ccc1C(=O)Nc1ncc(C(C)C)s1. The number of hydrogen-bond donors (Lipinski definition) is 1. The number of carbonyl (C=O) groups is 1. The normalized spacial score (nSPS) is 11.2. The number of aryl methyl sites for hydroxylation is 1. The number of nitrogens with zero attached hydrogens (tertiary/aromatic N) is 2. The predicted octanol–water partition coefficient (Wildman–Crippen LogP) is 4.60. The van der Waals surface area contributed by atoms with Crippen molar-refractivity contribution in [3.63, 3.8) is 0 Å². The Balaban J connectivity index is 2.21. The van der Waals surface area contributed by atoms with Crippen molar-refractivity contribution in [2.75, 3.05) is 5.32 Å². The summed E-state index contributed by atoms with van der Waals surface area (Å²) in [4.78, 5) is 22.5. The van der Waals surface area contributed by atoms with Crippen LogP contribution in [-0.2, 0) is 6.42 Å². The summed E-state index contributed by atoms with van der Waals surface area (Å²) < 4.78 is 0. The van der Waals surface area contributed by atoms with Gasteiger partial charge < -0.3 is 0 Å². The molecule has 0 bridgehead atoms. The number of nitrogens with one attached hydrogen (secondary N) is 1. The molecule has 0 aliphatic carbocycles. The molecule has 2 aromatic rings. The maximum Gasteiger partial charge on any atom is 0.259 e. The van der Waals surface area contributed by atoms with E-state index in [4.69, 9.17) is 0 Å². The van der Waals surface area contributed by atoms with Gasteiger partial charge in [-0.15, -0.1) is 11.3 Å². The molecule has 5 heteroatoms. The van der Waals surface area contributed by atoms with Crippen LogP contribution in [0.3, 0.4) is 0 Å². The van der Waals surface area contributed by atoms with E-state index in [-0.39, 0.29) is 5.91 Å². The third-order valence-electron chi connectivity index (χ3n) is 3.48. The Morgan fingerprint density at radius 2 is 1.95 bits per heavy atom. The zero-order valence-electron chi connectivity index (χ0n) is 13.8. The number of hydrogen-bond acceptors (Lipinski definition) is 4. The van der Waals surface area contributed by atoms with Crippen LogP contribution in [0.15, 0.2) is 18.3 Å². The van der Waals surface area contributed by atoms with Gasteiger partial charge in [0, 0.05) is 16.8 Å². The lowest BCUT2D eigenvalue weighted by Crippen LogP contribution is -2.15. The Morgan fingerprint density at radius 1 is 1.23 bits per heavy atom. The largest absolute Gasteiger partial charge is 0.298 e. The van der Waals surface area contributed by atoms with Crippen molar-refractivity contribution in [3.8, 4) is 0 Å². The monoisotopic (exact) mass is 317 g/mol. The Hall–Kier alpha value is -1.75. The van der Waals surface area contributed by atoms with Gasteiger partial charge in [-0.25, -0.2) is 4.98 Å². The number of rotatable bonds is 5. The van der Waals surface area contributed by atoms with E-state index in [9.17, 15) is 4.79 Å². The second-order valence-electron chi connectivity index (χ2n) is 5.92. The first-order valence-electron chi connectivity index (χ1n) is 7.69. The van der Waals surface area contributed by atoms with Crippen molar-refractivity contribution < 1.29 is 4.79 Å². The molecule has 118 valence electrons. The van der Waals surface area contributed by atoms with E-state index in [0.717, 1.165) is 17.8 Å². The van der Waals surface area contributed by atoms with Crippen LogP contribution in [0.5, 0.6) is 0 Å². The molecular formula is C17H23N3OS. The van der Waals surface area contributed by atoms with Crippen LogP contribution in [-0.4, -0.2) is 15.9 Å². The molecule has 22 heavy (non-hydrogen) atoms. The van der Waals surface area contributed by atoms with Crippen LogP contribution in [0.4, 0.5) is 5.13 Å². The molecule has 0 radical (unpaired) electrons. The fourth-order valence-electron chi connectivity index (χ4n) is 2.09. The minimum absolute atomic E-state index is 0.135. The highest BCUT2D eigenvalue weighted by Gasteiger charge is 2.15. The molecule has 4 nitrogen and oxygen atoms in total. The van der Waals surface area contributed by atoms with E-state index in [2.05, 4.69) is 43.0 Å². The first-order chi connectivity index (χ1) is 10.4. The Morgan fingerprint density at radius 3 is 2.50 bits per heavy atom. The maximum atomic E-state index is 12.5. The third kappa shape index (κ3) is 3.71. The highest BCUT2D eigenvalue weighted by Crippen LogP contribution is 2.26. The molecule has 0 saturated heterocycles. The second kappa shape index (κ2) is 7.01. The standard InChI is InChI=1S/C17H23N3OS/c1-6-13-12(7-8-14(19-13)10(2)3)16(21)20-17-18-9-15(22-17)11(4)5/h7-11H,6H2,1-5H3,(H,18,20,21). The number of thiazole rings is 1. The molecule has 2 rings (SSSR count). The smallest absolute Gasteiger partial charge is 0.259 e. The van der Waals surface area contributed by atoms with Crippen LogP contribution in [0.1, 0.15) is 73.1 Å². The van der Waals surface area contributed by atoms with Gasteiger partial charge in [0.2, 0.25) is 0 Å². The van der Waals surface area contributed by atoms with E-state index < -0.39 is 0 Å². The zero-order valence-corrected chi connectivity index (χ0v) is 14.6. The molecule has 1 amide bonds. The first kappa shape index (κ1) is 16.6. The first-order valence-corrected chi connectivity index (χ1v) is 8.50. The minimum Gasteiger partial charge on any atom is -0.298 e. The zero-order chi connectivity index (χ0) is 16.3. The second-order valence-corrected chi connectivity index (χ2v) is 6.98. The van der Waals surface area contributed by atoms with Crippen LogP contribution >= 0.6 is 11.3 Å². The van der Waals surface area contributed by atoms with Gasteiger partial charge >= 0.3 is 0 Å². The lowest BCUT2D eigenvalue weighted by molar-refractivity contribution is 0.102. The van der Waals surface area contributed by atoms with Gasteiger partial charge in [-0.2, -0.15) is 0 Å². The number of amides is 1. The summed E-state index contributed by atoms with van der Waals surface area (Å²) in [5, 5.41) is 3.53. The molecule has 0 aliphatic rings. The molecule has 0 aliphatic heterocycles. The molecule has 0 fully saturated rings. The van der Waals surface area contributed by atoms with Gasteiger partial charge in [-0.1, -0.05) is 34.6 Å². The molecule has 2 heterocycles. The molecule has 1 N–H and O–H groups in total. The average Bonchev–Trinajstić information content (AvgIpc) is 2.95. The van der Waals surface area contributed by atoms with Crippen LogP contribution in [0.2, 0.25) is 0 Å².